The van der Waals surface area contributed by atoms with Crippen LogP contribution in [-0.4, -0.2) is 11.0 Å². The smallest absolute Gasteiger partial charge is 0.292 e. The minimum atomic E-state index is -0.298. The standard InChI is InChI=1S/C15H22N2O2/c1-9(2)12-7-13(8-12)16-14-5-10(3)11(4)6-15(14)17(18)19/h5-6,9,12-13,16H,7-8H2,1-4H3. The normalized spacial score (nSPS) is 22.2. The highest BCUT2D eigenvalue weighted by Gasteiger charge is 2.32. The Hall–Kier alpha value is -1.58. The van der Waals surface area contributed by atoms with Gasteiger partial charge in [-0.3, -0.25) is 10.1 Å². The van der Waals surface area contributed by atoms with Crippen molar-refractivity contribution in [1.82, 2.24) is 0 Å². The molecule has 104 valence electrons. The Morgan fingerprint density at radius 3 is 2.37 bits per heavy atom. The third kappa shape index (κ3) is 2.88. The van der Waals surface area contributed by atoms with Crippen LogP contribution in [0.2, 0.25) is 0 Å². The fourth-order valence-corrected chi connectivity index (χ4v) is 2.61. The fraction of sp³-hybridized carbons (Fsp3) is 0.600. The van der Waals surface area contributed by atoms with Crippen LogP contribution in [0.15, 0.2) is 12.1 Å². The van der Waals surface area contributed by atoms with Gasteiger partial charge < -0.3 is 5.32 Å². The van der Waals surface area contributed by atoms with Crippen molar-refractivity contribution in [3.8, 4) is 0 Å². The molecule has 0 aliphatic heterocycles. The van der Waals surface area contributed by atoms with Crippen LogP contribution >= 0.6 is 0 Å². The van der Waals surface area contributed by atoms with Crippen molar-refractivity contribution in [2.75, 3.05) is 5.32 Å². The lowest BCUT2D eigenvalue weighted by Gasteiger charge is -2.39. The lowest BCUT2D eigenvalue weighted by molar-refractivity contribution is -0.384. The molecule has 0 aromatic heterocycles. The van der Waals surface area contributed by atoms with Gasteiger partial charge in [0.2, 0.25) is 0 Å². The molecular weight excluding hydrogens is 240 g/mol. The quantitative estimate of drug-likeness (QED) is 0.657. The Labute approximate surface area is 114 Å². The molecule has 0 atom stereocenters. The number of aryl methyl sites for hydroxylation is 2. The third-order valence-electron chi connectivity index (χ3n) is 4.29. The molecule has 2 rings (SSSR count). The first-order chi connectivity index (χ1) is 8.88. The Morgan fingerprint density at radius 2 is 1.84 bits per heavy atom. The molecule has 0 saturated heterocycles. The predicted molar refractivity (Wildman–Crippen MR) is 77.5 cm³/mol. The van der Waals surface area contributed by atoms with Crippen molar-refractivity contribution in [3.63, 3.8) is 0 Å². The van der Waals surface area contributed by atoms with Crippen LogP contribution in [0.4, 0.5) is 11.4 Å². The maximum absolute atomic E-state index is 11.1. The van der Waals surface area contributed by atoms with Crippen molar-refractivity contribution in [3.05, 3.63) is 33.4 Å². The van der Waals surface area contributed by atoms with E-state index < -0.39 is 0 Å². The van der Waals surface area contributed by atoms with Crippen LogP contribution in [0.3, 0.4) is 0 Å². The van der Waals surface area contributed by atoms with E-state index >= 15 is 0 Å². The molecule has 0 heterocycles. The highest BCUT2D eigenvalue weighted by Crippen LogP contribution is 2.37. The summed E-state index contributed by atoms with van der Waals surface area (Å²) in [5, 5.41) is 14.5. The summed E-state index contributed by atoms with van der Waals surface area (Å²) in [6.07, 6.45) is 2.23. The number of hydrogen-bond donors (Lipinski definition) is 1. The van der Waals surface area contributed by atoms with E-state index in [1.165, 1.54) is 0 Å². The van der Waals surface area contributed by atoms with Gasteiger partial charge in [0.1, 0.15) is 5.69 Å². The molecule has 1 fully saturated rings. The predicted octanol–water partition coefficient (Wildman–Crippen LogP) is 4.06. The van der Waals surface area contributed by atoms with Crippen molar-refractivity contribution >= 4 is 11.4 Å². The Bertz CT molecular complexity index is 491. The van der Waals surface area contributed by atoms with Crippen molar-refractivity contribution < 1.29 is 4.92 Å². The zero-order valence-corrected chi connectivity index (χ0v) is 12.1. The summed E-state index contributed by atoms with van der Waals surface area (Å²) >= 11 is 0. The van der Waals surface area contributed by atoms with E-state index in [1.807, 2.05) is 19.9 Å². The first kappa shape index (κ1) is 13.8. The van der Waals surface area contributed by atoms with Gasteiger partial charge in [0.05, 0.1) is 4.92 Å². The molecule has 1 aliphatic carbocycles. The summed E-state index contributed by atoms with van der Waals surface area (Å²) in [6.45, 7) is 8.37. The number of nitro groups is 1. The van der Waals surface area contributed by atoms with Crippen molar-refractivity contribution in [2.24, 2.45) is 11.8 Å². The SMILES string of the molecule is Cc1cc(NC2CC(C(C)C)C2)c([N+](=O)[O-])cc1C. The van der Waals surface area contributed by atoms with E-state index in [4.69, 9.17) is 0 Å². The van der Waals surface area contributed by atoms with Crippen LogP contribution < -0.4 is 5.32 Å². The van der Waals surface area contributed by atoms with Crippen LogP contribution in [0.5, 0.6) is 0 Å². The number of nitrogens with zero attached hydrogens (tertiary/aromatic N) is 1. The van der Waals surface area contributed by atoms with E-state index in [2.05, 4.69) is 19.2 Å². The van der Waals surface area contributed by atoms with Crippen LogP contribution in [0, 0.1) is 35.8 Å². The summed E-state index contributed by atoms with van der Waals surface area (Å²) < 4.78 is 0. The van der Waals surface area contributed by atoms with Gasteiger partial charge in [0.15, 0.2) is 0 Å². The molecule has 19 heavy (non-hydrogen) atoms. The average molecular weight is 262 g/mol. The third-order valence-corrected chi connectivity index (χ3v) is 4.29. The Morgan fingerprint density at radius 1 is 1.26 bits per heavy atom. The molecular formula is C15H22N2O2. The van der Waals surface area contributed by atoms with Crippen molar-refractivity contribution in [1.29, 1.82) is 0 Å². The number of anilines is 1. The maximum Gasteiger partial charge on any atom is 0.292 e. The highest BCUT2D eigenvalue weighted by molar-refractivity contribution is 5.65. The van der Waals surface area contributed by atoms with Crippen LogP contribution in [-0.2, 0) is 0 Å². The molecule has 1 saturated carbocycles. The van der Waals surface area contributed by atoms with Gasteiger partial charge in [-0.15, -0.1) is 0 Å². The lowest BCUT2D eigenvalue weighted by atomic mass is 9.73. The fourth-order valence-electron chi connectivity index (χ4n) is 2.61. The largest absolute Gasteiger partial charge is 0.377 e. The summed E-state index contributed by atoms with van der Waals surface area (Å²) in [7, 11) is 0. The first-order valence-corrected chi connectivity index (χ1v) is 6.90. The topological polar surface area (TPSA) is 55.2 Å². The summed E-state index contributed by atoms with van der Waals surface area (Å²) in [5.74, 6) is 1.45. The Kier molecular flexibility index (Phi) is 3.78. The molecule has 1 aliphatic rings. The molecule has 0 bridgehead atoms. The molecule has 1 aromatic rings. The van der Waals surface area contributed by atoms with Gasteiger partial charge in [-0.2, -0.15) is 0 Å². The van der Waals surface area contributed by atoms with E-state index in [0.717, 1.165) is 29.9 Å². The summed E-state index contributed by atoms with van der Waals surface area (Å²) in [6, 6.07) is 3.94. The van der Waals surface area contributed by atoms with Crippen LogP contribution in [0.1, 0.15) is 37.8 Å². The van der Waals surface area contributed by atoms with Crippen molar-refractivity contribution in [2.45, 2.75) is 46.6 Å². The number of nitro benzene ring substituents is 1. The highest BCUT2D eigenvalue weighted by atomic mass is 16.6. The second-order valence-corrected chi connectivity index (χ2v) is 6.03. The average Bonchev–Trinajstić information content (AvgIpc) is 2.26. The summed E-state index contributed by atoms with van der Waals surface area (Å²) in [4.78, 5) is 10.8. The molecule has 1 N–H and O–H groups in total. The molecule has 0 amide bonds. The molecule has 0 unspecified atom stereocenters. The molecule has 1 aromatic carbocycles. The number of benzene rings is 1. The number of hydrogen-bond acceptors (Lipinski definition) is 3. The second-order valence-electron chi connectivity index (χ2n) is 6.03. The molecule has 4 nitrogen and oxygen atoms in total. The zero-order chi connectivity index (χ0) is 14.2. The zero-order valence-electron chi connectivity index (χ0n) is 12.1. The lowest BCUT2D eigenvalue weighted by Crippen LogP contribution is -2.38. The van der Waals surface area contributed by atoms with Gasteiger partial charge in [-0.05, 0) is 55.7 Å². The minimum Gasteiger partial charge on any atom is -0.377 e. The summed E-state index contributed by atoms with van der Waals surface area (Å²) in [5.41, 5.74) is 2.91. The van der Waals surface area contributed by atoms with Gasteiger partial charge in [-0.1, -0.05) is 13.8 Å². The molecule has 4 heteroatoms. The first-order valence-electron chi connectivity index (χ1n) is 6.90. The van der Waals surface area contributed by atoms with Gasteiger partial charge in [0.25, 0.3) is 5.69 Å². The van der Waals surface area contributed by atoms with E-state index in [1.54, 1.807) is 6.07 Å². The van der Waals surface area contributed by atoms with E-state index in [-0.39, 0.29) is 10.6 Å². The maximum atomic E-state index is 11.1. The van der Waals surface area contributed by atoms with E-state index in [9.17, 15) is 10.1 Å². The van der Waals surface area contributed by atoms with Gasteiger partial charge in [0, 0.05) is 12.1 Å². The monoisotopic (exact) mass is 262 g/mol. The van der Waals surface area contributed by atoms with Crippen LogP contribution in [0.25, 0.3) is 0 Å². The molecule has 0 radical (unpaired) electrons. The minimum absolute atomic E-state index is 0.191. The van der Waals surface area contributed by atoms with Gasteiger partial charge in [-0.25, -0.2) is 0 Å². The van der Waals surface area contributed by atoms with Gasteiger partial charge >= 0.3 is 0 Å². The Balaban J connectivity index is 2.12. The van der Waals surface area contributed by atoms with E-state index in [0.29, 0.717) is 17.6 Å². The molecule has 0 spiro atoms. The number of rotatable bonds is 4. The number of nitrogens with one attached hydrogen (secondary N) is 1. The second kappa shape index (κ2) is 5.19.